The van der Waals surface area contributed by atoms with Gasteiger partial charge in [-0.15, -0.1) is 0 Å². The Morgan fingerprint density at radius 3 is 2.44 bits per heavy atom. The first-order chi connectivity index (χ1) is 12.7. The Hall–Kier alpha value is -3.16. The van der Waals surface area contributed by atoms with Gasteiger partial charge in [0.25, 0.3) is 5.91 Å². The lowest BCUT2D eigenvalue weighted by Gasteiger charge is -2.17. The number of benzene rings is 2. The van der Waals surface area contributed by atoms with Crippen LogP contribution in [0.4, 0.5) is 23.2 Å². The molecular weight excluding hydrogens is 364 g/mol. The van der Waals surface area contributed by atoms with Gasteiger partial charge in [-0.25, -0.2) is 4.39 Å². The SMILES string of the molecule is CC(=O)NC1=C(c2cccc(C(F)(F)F)c2)C(=O)N(c2cccc(F)c2)C1. The summed E-state index contributed by atoms with van der Waals surface area (Å²) in [6.07, 6.45) is -4.57. The van der Waals surface area contributed by atoms with E-state index in [0.29, 0.717) is 0 Å². The van der Waals surface area contributed by atoms with Crippen molar-refractivity contribution in [3.05, 3.63) is 71.2 Å². The van der Waals surface area contributed by atoms with Gasteiger partial charge in [-0.05, 0) is 35.9 Å². The summed E-state index contributed by atoms with van der Waals surface area (Å²) >= 11 is 0. The van der Waals surface area contributed by atoms with Gasteiger partial charge in [-0.1, -0.05) is 18.2 Å². The molecule has 2 amide bonds. The van der Waals surface area contributed by atoms with Crippen molar-refractivity contribution in [2.45, 2.75) is 13.1 Å². The molecule has 1 aliphatic rings. The van der Waals surface area contributed by atoms with Crippen LogP contribution in [0.2, 0.25) is 0 Å². The smallest absolute Gasteiger partial charge is 0.327 e. The summed E-state index contributed by atoms with van der Waals surface area (Å²) in [5.41, 5.74) is -0.536. The third kappa shape index (κ3) is 3.84. The predicted molar refractivity (Wildman–Crippen MR) is 90.9 cm³/mol. The van der Waals surface area contributed by atoms with Gasteiger partial charge >= 0.3 is 6.18 Å². The molecule has 0 saturated heterocycles. The van der Waals surface area contributed by atoms with Gasteiger partial charge in [-0.2, -0.15) is 13.2 Å². The molecule has 1 heterocycles. The molecule has 0 aromatic heterocycles. The van der Waals surface area contributed by atoms with E-state index in [4.69, 9.17) is 0 Å². The van der Waals surface area contributed by atoms with Crippen LogP contribution < -0.4 is 10.2 Å². The second-order valence-corrected chi connectivity index (χ2v) is 5.98. The van der Waals surface area contributed by atoms with E-state index < -0.39 is 29.4 Å². The average Bonchev–Trinajstić information content (AvgIpc) is 2.89. The molecule has 2 aromatic rings. The van der Waals surface area contributed by atoms with Crippen molar-refractivity contribution in [2.24, 2.45) is 0 Å². The highest BCUT2D eigenvalue weighted by atomic mass is 19.4. The topological polar surface area (TPSA) is 49.4 Å². The molecule has 0 bridgehead atoms. The largest absolute Gasteiger partial charge is 0.416 e. The zero-order valence-electron chi connectivity index (χ0n) is 14.1. The summed E-state index contributed by atoms with van der Waals surface area (Å²) in [5.74, 6) is -1.65. The van der Waals surface area contributed by atoms with Gasteiger partial charge in [0, 0.05) is 12.6 Å². The summed E-state index contributed by atoms with van der Waals surface area (Å²) in [4.78, 5) is 25.6. The Balaban J connectivity index is 2.07. The maximum atomic E-state index is 13.5. The molecule has 0 radical (unpaired) electrons. The van der Waals surface area contributed by atoms with Crippen molar-refractivity contribution in [3.63, 3.8) is 0 Å². The standard InChI is InChI=1S/C19H14F4N2O2/c1-11(26)24-16-10-25(15-7-3-6-14(20)9-15)18(27)17(16)12-4-2-5-13(8-12)19(21,22)23/h2-9H,10H2,1H3,(H,24,26). The lowest BCUT2D eigenvalue weighted by molar-refractivity contribution is -0.137. The van der Waals surface area contributed by atoms with Crippen LogP contribution in [0.3, 0.4) is 0 Å². The van der Waals surface area contributed by atoms with Gasteiger partial charge in [0.15, 0.2) is 0 Å². The second-order valence-electron chi connectivity index (χ2n) is 5.98. The lowest BCUT2D eigenvalue weighted by Crippen LogP contribution is -2.29. The molecule has 140 valence electrons. The van der Waals surface area contributed by atoms with E-state index in [0.717, 1.165) is 18.2 Å². The van der Waals surface area contributed by atoms with E-state index in [1.54, 1.807) is 0 Å². The minimum Gasteiger partial charge on any atom is -0.327 e. The maximum absolute atomic E-state index is 13.5. The third-order valence-electron chi connectivity index (χ3n) is 4.00. The van der Waals surface area contributed by atoms with Crippen molar-refractivity contribution in [2.75, 3.05) is 11.4 Å². The minimum absolute atomic E-state index is 0.0254. The Morgan fingerprint density at radius 2 is 1.81 bits per heavy atom. The second kappa shape index (κ2) is 6.86. The number of nitrogens with one attached hydrogen (secondary N) is 1. The molecule has 27 heavy (non-hydrogen) atoms. The van der Waals surface area contributed by atoms with Gasteiger partial charge in [0.1, 0.15) is 5.82 Å². The van der Waals surface area contributed by atoms with Crippen molar-refractivity contribution in [1.29, 1.82) is 0 Å². The number of nitrogens with zero attached hydrogens (tertiary/aromatic N) is 1. The third-order valence-corrected chi connectivity index (χ3v) is 4.00. The van der Waals surface area contributed by atoms with Crippen LogP contribution in [0, 0.1) is 5.82 Å². The van der Waals surface area contributed by atoms with E-state index >= 15 is 0 Å². The van der Waals surface area contributed by atoms with Gasteiger partial charge in [0.2, 0.25) is 5.91 Å². The molecule has 3 rings (SSSR count). The Bertz CT molecular complexity index is 951. The molecule has 1 aliphatic heterocycles. The van der Waals surface area contributed by atoms with E-state index in [2.05, 4.69) is 5.32 Å². The van der Waals surface area contributed by atoms with Crippen molar-refractivity contribution in [3.8, 4) is 0 Å². The zero-order chi connectivity index (χ0) is 19.8. The number of rotatable bonds is 3. The first-order valence-corrected chi connectivity index (χ1v) is 7.92. The van der Waals surface area contributed by atoms with Gasteiger partial charge < -0.3 is 10.2 Å². The highest BCUT2D eigenvalue weighted by molar-refractivity contribution is 6.30. The molecule has 4 nitrogen and oxygen atoms in total. The van der Waals surface area contributed by atoms with Crippen LogP contribution in [0.25, 0.3) is 5.57 Å². The Morgan fingerprint density at radius 1 is 1.11 bits per heavy atom. The van der Waals surface area contributed by atoms with E-state index in [9.17, 15) is 27.2 Å². The number of halogens is 4. The highest BCUT2D eigenvalue weighted by Gasteiger charge is 2.35. The molecule has 0 atom stereocenters. The normalized spacial score (nSPS) is 14.7. The van der Waals surface area contributed by atoms with Crippen LogP contribution in [0.1, 0.15) is 18.1 Å². The number of anilines is 1. The highest BCUT2D eigenvalue weighted by Crippen LogP contribution is 2.35. The van der Waals surface area contributed by atoms with Crippen molar-refractivity contribution < 1.29 is 27.2 Å². The zero-order valence-corrected chi connectivity index (χ0v) is 14.1. The molecule has 0 spiro atoms. The number of alkyl halides is 3. The molecule has 0 fully saturated rings. The average molecular weight is 378 g/mol. The monoisotopic (exact) mass is 378 g/mol. The molecule has 0 unspecified atom stereocenters. The molecule has 0 saturated carbocycles. The first-order valence-electron chi connectivity index (χ1n) is 7.92. The summed E-state index contributed by atoms with van der Waals surface area (Å²) in [6, 6.07) is 9.56. The minimum atomic E-state index is -4.57. The van der Waals surface area contributed by atoms with Crippen LogP contribution in [-0.2, 0) is 15.8 Å². The fourth-order valence-electron chi connectivity index (χ4n) is 2.89. The summed E-state index contributed by atoms with van der Waals surface area (Å²) < 4.78 is 52.6. The molecule has 2 aromatic carbocycles. The Labute approximate surface area is 152 Å². The predicted octanol–water partition coefficient (Wildman–Crippen LogP) is 3.74. The first kappa shape index (κ1) is 18.6. The van der Waals surface area contributed by atoms with Crippen LogP contribution in [0.15, 0.2) is 54.2 Å². The van der Waals surface area contributed by atoms with E-state index in [1.165, 1.54) is 42.2 Å². The molecule has 8 heteroatoms. The maximum Gasteiger partial charge on any atom is 0.416 e. The summed E-state index contributed by atoms with van der Waals surface area (Å²) in [6.45, 7) is 1.14. The van der Waals surface area contributed by atoms with Crippen LogP contribution in [0.5, 0.6) is 0 Å². The number of carbonyl (C=O) groups is 2. The number of hydrogen-bond donors (Lipinski definition) is 1. The quantitative estimate of drug-likeness (QED) is 0.828. The summed E-state index contributed by atoms with van der Waals surface area (Å²) in [7, 11) is 0. The number of amides is 2. The van der Waals surface area contributed by atoms with E-state index in [-0.39, 0.29) is 29.1 Å². The van der Waals surface area contributed by atoms with Crippen molar-refractivity contribution >= 4 is 23.1 Å². The van der Waals surface area contributed by atoms with Gasteiger partial charge in [-0.3, -0.25) is 9.59 Å². The summed E-state index contributed by atoms with van der Waals surface area (Å²) in [5, 5.41) is 2.50. The number of hydrogen-bond acceptors (Lipinski definition) is 2. The molecule has 1 N–H and O–H groups in total. The molecular formula is C19H14F4N2O2. The fourth-order valence-corrected chi connectivity index (χ4v) is 2.89. The lowest BCUT2D eigenvalue weighted by atomic mass is 10.0. The Kier molecular flexibility index (Phi) is 4.73. The van der Waals surface area contributed by atoms with Crippen molar-refractivity contribution in [1.82, 2.24) is 5.32 Å². The van der Waals surface area contributed by atoms with E-state index in [1.807, 2.05) is 0 Å². The van der Waals surface area contributed by atoms with Crippen LogP contribution in [-0.4, -0.2) is 18.4 Å². The fraction of sp³-hybridized carbons (Fsp3) is 0.158. The number of carbonyl (C=O) groups excluding carboxylic acids is 2. The van der Waals surface area contributed by atoms with Gasteiger partial charge in [0.05, 0.1) is 23.4 Å². The van der Waals surface area contributed by atoms with Crippen LogP contribution >= 0.6 is 0 Å². The molecule has 0 aliphatic carbocycles.